The predicted octanol–water partition coefficient (Wildman–Crippen LogP) is -0.635. The summed E-state index contributed by atoms with van der Waals surface area (Å²) in [7, 11) is -3.76. The first-order valence-corrected chi connectivity index (χ1v) is 6.67. The summed E-state index contributed by atoms with van der Waals surface area (Å²) >= 11 is 0. The van der Waals surface area contributed by atoms with Crippen LogP contribution in [0.4, 0.5) is 0 Å². The van der Waals surface area contributed by atoms with Crippen LogP contribution < -0.4 is 10.5 Å². The lowest BCUT2D eigenvalue weighted by molar-refractivity contribution is -0.116. The number of primary amides is 1. The quantitative estimate of drug-likeness (QED) is 0.709. The van der Waals surface area contributed by atoms with Gasteiger partial charge in [-0.3, -0.25) is 4.79 Å². The van der Waals surface area contributed by atoms with Crippen LogP contribution in [0.25, 0.3) is 0 Å². The molecule has 17 heavy (non-hydrogen) atoms. The van der Waals surface area contributed by atoms with E-state index < -0.39 is 22.5 Å². The van der Waals surface area contributed by atoms with Crippen molar-refractivity contribution in [2.24, 2.45) is 5.73 Å². The Bertz CT molecular complexity index is 506. The summed E-state index contributed by atoms with van der Waals surface area (Å²) in [5, 5.41) is -0.0929. The van der Waals surface area contributed by atoms with Crippen LogP contribution in [-0.2, 0) is 21.4 Å². The first kappa shape index (κ1) is 13.7. The van der Waals surface area contributed by atoms with Crippen LogP contribution in [0.5, 0.6) is 0 Å². The van der Waals surface area contributed by atoms with Gasteiger partial charge in [-0.1, -0.05) is 6.92 Å². The van der Waals surface area contributed by atoms with Crippen LogP contribution in [0.1, 0.15) is 19.2 Å². The maximum absolute atomic E-state index is 11.7. The smallest absolute Gasteiger partial charge is 0.260 e. The van der Waals surface area contributed by atoms with E-state index in [9.17, 15) is 13.2 Å². The number of nitrogens with two attached hydrogens (primary N) is 1. The number of hydrogen-bond donors (Lipinski definition) is 2. The highest BCUT2D eigenvalue weighted by Gasteiger charge is 2.19. The number of rotatable bonds is 6. The first-order valence-electron chi connectivity index (χ1n) is 5.18. The molecule has 0 radical (unpaired) electrons. The minimum absolute atomic E-state index is 0.0929. The zero-order valence-corrected chi connectivity index (χ0v) is 10.6. The lowest BCUT2D eigenvalue weighted by Gasteiger charge is -2.01. The fourth-order valence-corrected chi connectivity index (χ4v) is 2.31. The molecule has 0 bridgehead atoms. The van der Waals surface area contributed by atoms with E-state index in [0.29, 0.717) is 12.4 Å². The molecule has 0 unspecified atom stereocenters. The molecule has 96 valence electrons. The second kappa shape index (κ2) is 5.28. The molecule has 1 aromatic heterocycles. The lowest BCUT2D eigenvalue weighted by atomic mass is 10.5. The average Bonchev–Trinajstić information content (AvgIpc) is 2.59. The molecule has 0 aliphatic rings. The minimum atomic E-state index is -3.76. The Morgan fingerprint density at radius 3 is 2.76 bits per heavy atom. The zero-order valence-electron chi connectivity index (χ0n) is 9.80. The third kappa shape index (κ3) is 3.53. The molecular weight excluding hydrogens is 244 g/mol. The van der Waals surface area contributed by atoms with Gasteiger partial charge in [0.2, 0.25) is 5.91 Å². The number of hydrogen-bond acceptors (Lipinski definition) is 4. The van der Waals surface area contributed by atoms with Crippen molar-refractivity contribution in [3.63, 3.8) is 0 Å². The highest BCUT2D eigenvalue weighted by atomic mass is 32.2. The zero-order chi connectivity index (χ0) is 13.1. The maximum atomic E-state index is 11.7. The van der Waals surface area contributed by atoms with E-state index in [1.54, 1.807) is 11.5 Å². The predicted molar refractivity (Wildman–Crippen MR) is 61.6 cm³/mol. The highest BCUT2D eigenvalue weighted by molar-refractivity contribution is 7.89. The molecule has 1 amide bonds. The Balaban J connectivity index is 2.91. The van der Waals surface area contributed by atoms with Crippen molar-refractivity contribution in [1.29, 1.82) is 0 Å². The number of imidazole rings is 1. The molecule has 1 heterocycles. The molecule has 3 N–H and O–H groups in total. The molecule has 8 heteroatoms. The Morgan fingerprint density at radius 2 is 2.24 bits per heavy atom. The summed E-state index contributed by atoms with van der Waals surface area (Å²) < 4.78 is 27.3. The first-order chi connectivity index (χ1) is 7.86. The van der Waals surface area contributed by atoms with Gasteiger partial charge in [0.1, 0.15) is 5.82 Å². The van der Waals surface area contributed by atoms with Gasteiger partial charge in [0.15, 0.2) is 5.03 Å². The number of aryl methyl sites for hydroxylation is 2. The summed E-state index contributed by atoms with van der Waals surface area (Å²) in [6.45, 7) is 3.98. The summed E-state index contributed by atoms with van der Waals surface area (Å²) in [6, 6.07) is 0. The van der Waals surface area contributed by atoms with Gasteiger partial charge >= 0.3 is 0 Å². The highest BCUT2D eigenvalue weighted by Crippen LogP contribution is 2.09. The molecule has 1 rings (SSSR count). The minimum Gasteiger partial charge on any atom is -0.369 e. The van der Waals surface area contributed by atoms with Crippen LogP contribution in [0.3, 0.4) is 0 Å². The molecule has 7 nitrogen and oxygen atoms in total. The van der Waals surface area contributed by atoms with Gasteiger partial charge in [-0.05, 0) is 13.3 Å². The Hall–Kier alpha value is -1.41. The molecule has 0 spiro atoms. The van der Waals surface area contributed by atoms with Gasteiger partial charge < -0.3 is 10.3 Å². The number of nitrogens with zero attached hydrogens (tertiary/aromatic N) is 2. The van der Waals surface area contributed by atoms with Crippen LogP contribution in [-0.4, -0.2) is 30.4 Å². The molecular formula is C9H16N4O3S. The van der Waals surface area contributed by atoms with Crippen molar-refractivity contribution in [3.8, 4) is 0 Å². The van der Waals surface area contributed by atoms with Crippen molar-refractivity contribution in [2.75, 3.05) is 6.54 Å². The number of nitrogens with one attached hydrogen (secondary N) is 1. The lowest BCUT2D eigenvalue weighted by Crippen LogP contribution is -2.33. The van der Waals surface area contributed by atoms with Crippen molar-refractivity contribution in [2.45, 2.75) is 31.8 Å². The number of carbonyl (C=O) groups is 1. The van der Waals surface area contributed by atoms with E-state index in [1.807, 2.05) is 6.92 Å². The van der Waals surface area contributed by atoms with Crippen LogP contribution in [0, 0.1) is 6.92 Å². The summed E-state index contributed by atoms with van der Waals surface area (Å²) in [4.78, 5) is 14.5. The standard InChI is InChI=1S/C9H16N4O3S/c1-3-4-13-6-9(12-7(13)2)17(15,16)11-5-8(10)14/h6,11H,3-5H2,1-2H3,(H2,10,14). The van der Waals surface area contributed by atoms with E-state index in [4.69, 9.17) is 5.73 Å². The Morgan fingerprint density at radius 1 is 1.59 bits per heavy atom. The molecule has 0 aliphatic heterocycles. The topological polar surface area (TPSA) is 107 Å². The van der Waals surface area contributed by atoms with Crippen molar-refractivity contribution < 1.29 is 13.2 Å². The number of aromatic nitrogens is 2. The van der Waals surface area contributed by atoms with E-state index in [2.05, 4.69) is 9.71 Å². The Kier molecular flexibility index (Phi) is 4.24. The van der Waals surface area contributed by atoms with Crippen molar-refractivity contribution in [1.82, 2.24) is 14.3 Å². The van der Waals surface area contributed by atoms with E-state index in [0.717, 1.165) is 6.42 Å². The monoisotopic (exact) mass is 260 g/mol. The van der Waals surface area contributed by atoms with Crippen molar-refractivity contribution >= 4 is 15.9 Å². The fraction of sp³-hybridized carbons (Fsp3) is 0.556. The molecule has 0 aliphatic carbocycles. The van der Waals surface area contributed by atoms with Gasteiger partial charge in [0.05, 0.1) is 6.54 Å². The van der Waals surface area contributed by atoms with Crippen LogP contribution >= 0.6 is 0 Å². The number of carbonyl (C=O) groups excluding carboxylic acids is 1. The Labute approximate surface area is 100 Å². The molecule has 0 saturated heterocycles. The maximum Gasteiger partial charge on any atom is 0.260 e. The van der Waals surface area contributed by atoms with Gasteiger partial charge in [-0.15, -0.1) is 0 Å². The second-order valence-electron chi connectivity index (χ2n) is 3.61. The van der Waals surface area contributed by atoms with Gasteiger partial charge in [0.25, 0.3) is 10.0 Å². The van der Waals surface area contributed by atoms with E-state index in [1.165, 1.54) is 6.20 Å². The average molecular weight is 260 g/mol. The number of sulfonamides is 1. The molecule has 0 saturated carbocycles. The molecule has 0 atom stereocenters. The van der Waals surface area contributed by atoms with E-state index in [-0.39, 0.29) is 5.03 Å². The molecule has 0 aromatic carbocycles. The van der Waals surface area contributed by atoms with Crippen LogP contribution in [0.2, 0.25) is 0 Å². The summed E-state index contributed by atoms with van der Waals surface area (Å²) in [6.07, 6.45) is 2.33. The van der Waals surface area contributed by atoms with Gasteiger partial charge in [-0.2, -0.15) is 0 Å². The number of amides is 1. The van der Waals surface area contributed by atoms with E-state index >= 15 is 0 Å². The molecule has 1 aromatic rings. The van der Waals surface area contributed by atoms with Gasteiger partial charge in [-0.25, -0.2) is 18.1 Å². The third-order valence-electron chi connectivity index (χ3n) is 2.13. The second-order valence-corrected chi connectivity index (χ2v) is 5.32. The molecule has 0 fully saturated rings. The third-order valence-corrected chi connectivity index (χ3v) is 3.40. The van der Waals surface area contributed by atoms with Gasteiger partial charge in [0, 0.05) is 12.7 Å². The van der Waals surface area contributed by atoms with Crippen LogP contribution in [0.15, 0.2) is 11.2 Å². The largest absolute Gasteiger partial charge is 0.369 e. The summed E-state index contributed by atoms with van der Waals surface area (Å²) in [5.41, 5.74) is 4.87. The SMILES string of the molecule is CCCn1cc(S(=O)(=O)NCC(N)=O)nc1C. The normalized spacial score (nSPS) is 11.6. The fourth-order valence-electron chi connectivity index (χ4n) is 1.32. The van der Waals surface area contributed by atoms with Crippen molar-refractivity contribution in [3.05, 3.63) is 12.0 Å². The summed E-state index contributed by atoms with van der Waals surface area (Å²) in [5.74, 6) is -0.121.